The van der Waals surface area contributed by atoms with Crippen molar-refractivity contribution >= 4 is 28.3 Å². The fraction of sp³-hybridized carbons (Fsp3) is 0.467. The Morgan fingerprint density at radius 2 is 2.00 bits per heavy atom. The average Bonchev–Trinajstić information content (AvgIpc) is 2.46. The van der Waals surface area contributed by atoms with Crippen LogP contribution < -0.4 is 10.1 Å². The van der Waals surface area contributed by atoms with Gasteiger partial charge in [-0.1, -0.05) is 22.0 Å². The molecular formula is C15H19BrClF3N2O. The Bertz CT molecular complexity index is 522. The highest BCUT2D eigenvalue weighted by molar-refractivity contribution is 9.10. The first-order valence-corrected chi connectivity index (χ1v) is 7.81. The molecule has 1 aliphatic rings. The van der Waals surface area contributed by atoms with Crippen LogP contribution in [0.3, 0.4) is 0 Å². The molecule has 0 radical (unpaired) electrons. The predicted octanol–water partition coefficient (Wildman–Crippen LogP) is 4.29. The van der Waals surface area contributed by atoms with Crippen molar-refractivity contribution in [3.8, 4) is 5.75 Å². The number of nitrogens with one attached hydrogen (secondary N) is 1. The molecule has 0 saturated carbocycles. The molecule has 0 amide bonds. The number of halogens is 5. The predicted molar refractivity (Wildman–Crippen MR) is 90.1 cm³/mol. The molecule has 1 atom stereocenters. The minimum Gasteiger partial charge on any atom is -0.405 e. The highest BCUT2D eigenvalue weighted by Crippen LogP contribution is 2.37. The Hall–Kier alpha value is -0.760. The molecule has 1 aromatic carbocycles. The molecule has 1 saturated heterocycles. The molecule has 1 heterocycles. The SMILES string of the molecule is C=CC[C@@H](c1cc(Br)ccc1OC(F)(F)F)N1CCNCC1.Cl. The molecule has 0 spiro atoms. The third-order valence-electron chi connectivity index (χ3n) is 3.54. The lowest BCUT2D eigenvalue weighted by atomic mass is 10.00. The van der Waals surface area contributed by atoms with Gasteiger partial charge in [0, 0.05) is 42.3 Å². The van der Waals surface area contributed by atoms with Crippen molar-refractivity contribution in [3.63, 3.8) is 0 Å². The lowest BCUT2D eigenvalue weighted by molar-refractivity contribution is -0.275. The number of benzene rings is 1. The minimum absolute atomic E-state index is 0. The molecular weight excluding hydrogens is 397 g/mol. The molecule has 130 valence electrons. The van der Waals surface area contributed by atoms with Gasteiger partial charge in [0.1, 0.15) is 5.75 Å². The van der Waals surface area contributed by atoms with E-state index < -0.39 is 6.36 Å². The quantitative estimate of drug-likeness (QED) is 0.726. The van der Waals surface area contributed by atoms with Gasteiger partial charge in [0.2, 0.25) is 0 Å². The van der Waals surface area contributed by atoms with Crippen LogP contribution >= 0.6 is 28.3 Å². The number of ether oxygens (including phenoxy) is 1. The highest BCUT2D eigenvalue weighted by Gasteiger charge is 2.34. The summed E-state index contributed by atoms with van der Waals surface area (Å²) >= 11 is 3.33. The van der Waals surface area contributed by atoms with Gasteiger partial charge in [-0.25, -0.2) is 0 Å². The average molecular weight is 416 g/mol. The lowest BCUT2D eigenvalue weighted by Gasteiger charge is -2.35. The van der Waals surface area contributed by atoms with E-state index in [2.05, 4.69) is 37.5 Å². The van der Waals surface area contributed by atoms with Gasteiger partial charge in [-0.15, -0.1) is 32.2 Å². The topological polar surface area (TPSA) is 24.5 Å². The van der Waals surface area contributed by atoms with E-state index in [4.69, 9.17) is 0 Å². The summed E-state index contributed by atoms with van der Waals surface area (Å²) < 4.78 is 42.8. The van der Waals surface area contributed by atoms with E-state index in [1.54, 1.807) is 18.2 Å². The van der Waals surface area contributed by atoms with Crippen molar-refractivity contribution in [2.75, 3.05) is 26.2 Å². The largest absolute Gasteiger partial charge is 0.573 e. The van der Waals surface area contributed by atoms with Crippen LogP contribution in [0.5, 0.6) is 5.75 Å². The van der Waals surface area contributed by atoms with Crippen molar-refractivity contribution in [3.05, 3.63) is 40.9 Å². The number of piperazine rings is 1. The zero-order valence-electron chi connectivity index (χ0n) is 12.4. The van der Waals surface area contributed by atoms with Crippen molar-refractivity contribution in [2.24, 2.45) is 0 Å². The van der Waals surface area contributed by atoms with Crippen molar-refractivity contribution in [1.82, 2.24) is 10.2 Å². The number of hydrogen-bond acceptors (Lipinski definition) is 3. The molecule has 0 aromatic heterocycles. The van der Waals surface area contributed by atoms with Crippen LogP contribution in [0.1, 0.15) is 18.0 Å². The molecule has 8 heteroatoms. The Morgan fingerprint density at radius 3 is 2.57 bits per heavy atom. The summed E-state index contributed by atoms with van der Waals surface area (Å²) in [4.78, 5) is 2.16. The first kappa shape index (κ1) is 20.3. The summed E-state index contributed by atoms with van der Waals surface area (Å²) in [5.74, 6) is -0.152. The van der Waals surface area contributed by atoms with Crippen LogP contribution in [0, 0.1) is 0 Å². The van der Waals surface area contributed by atoms with Crippen LogP contribution in [0.15, 0.2) is 35.3 Å². The fourth-order valence-corrected chi connectivity index (χ4v) is 3.00. The van der Waals surface area contributed by atoms with Crippen LogP contribution in [-0.4, -0.2) is 37.4 Å². The van der Waals surface area contributed by atoms with Crippen LogP contribution in [0.25, 0.3) is 0 Å². The third-order valence-corrected chi connectivity index (χ3v) is 4.03. The zero-order chi connectivity index (χ0) is 16.2. The van der Waals surface area contributed by atoms with Gasteiger partial charge in [-0.05, 0) is 24.6 Å². The molecule has 23 heavy (non-hydrogen) atoms. The van der Waals surface area contributed by atoms with Gasteiger partial charge in [0.25, 0.3) is 0 Å². The van der Waals surface area contributed by atoms with Gasteiger partial charge in [-0.3, -0.25) is 4.90 Å². The summed E-state index contributed by atoms with van der Waals surface area (Å²) in [6.45, 7) is 6.91. The van der Waals surface area contributed by atoms with Gasteiger partial charge >= 0.3 is 6.36 Å². The summed E-state index contributed by atoms with van der Waals surface area (Å²) in [5.41, 5.74) is 0.522. The van der Waals surface area contributed by atoms with E-state index in [0.29, 0.717) is 12.0 Å². The van der Waals surface area contributed by atoms with Gasteiger partial charge in [-0.2, -0.15) is 0 Å². The molecule has 1 aromatic rings. The van der Waals surface area contributed by atoms with Crippen LogP contribution in [0.2, 0.25) is 0 Å². The Morgan fingerprint density at radius 1 is 1.35 bits per heavy atom. The second-order valence-corrected chi connectivity index (χ2v) is 5.97. The van der Waals surface area contributed by atoms with Crippen LogP contribution in [0.4, 0.5) is 13.2 Å². The van der Waals surface area contributed by atoms with E-state index >= 15 is 0 Å². The van der Waals surface area contributed by atoms with Gasteiger partial charge in [0.05, 0.1) is 0 Å². The highest BCUT2D eigenvalue weighted by atomic mass is 79.9. The van der Waals surface area contributed by atoms with Crippen molar-refractivity contribution in [1.29, 1.82) is 0 Å². The molecule has 1 aliphatic heterocycles. The van der Waals surface area contributed by atoms with E-state index in [-0.39, 0.29) is 24.2 Å². The second kappa shape index (κ2) is 8.92. The maximum atomic E-state index is 12.6. The first-order valence-electron chi connectivity index (χ1n) is 7.01. The Kier molecular flexibility index (Phi) is 7.86. The molecule has 2 rings (SSSR count). The van der Waals surface area contributed by atoms with Gasteiger partial charge < -0.3 is 10.1 Å². The number of rotatable bonds is 5. The summed E-state index contributed by atoms with van der Waals surface area (Å²) in [6.07, 6.45) is -2.42. The zero-order valence-corrected chi connectivity index (χ0v) is 14.8. The first-order chi connectivity index (χ1) is 10.4. The Balaban J connectivity index is 0.00000264. The number of alkyl halides is 3. The number of nitrogens with zero attached hydrogens (tertiary/aromatic N) is 1. The normalized spacial score (nSPS) is 17.2. The molecule has 0 bridgehead atoms. The minimum atomic E-state index is -4.70. The smallest absolute Gasteiger partial charge is 0.405 e. The van der Waals surface area contributed by atoms with Crippen LogP contribution in [-0.2, 0) is 0 Å². The summed E-state index contributed by atoms with van der Waals surface area (Å²) in [6, 6.07) is 4.41. The van der Waals surface area contributed by atoms with E-state index in [1.165, 1.54) is 6.07 Å². The van der Waals surface area contributed by atoms with E-state index in [0.717, 1.165) is 30.7 Å². The second-order valence-electron chi connectivity index (χ2n) is 5.06. The standard InChI is InChI=1S/C15H18BrF3N2O.ClH/c1-2-3-13(21-8-6-20-7-9-21)12-10-11(16)4-5-14(12)22-15(17,18)19;/h2,4-5,10,13,20H,1,3,6-9H2;1H/t13-;/m0./s1. The fourth-order valence-electron chi connectivity index (χ4n) is 2.62. The maximum Gasteiger partial charge on any atom is 0.573 e. The third kappa shape index (κ3) is 5.99. The number of hydrogen-bond donors (Lipinski definition) is 1. The Labute approximate surface area is 148 Å². The molecule has 0 aliphatic carbocycles. The molecule has 1 fully saturated rings. The molecule has 1 N–H and O–H groups in total. The molecule has 0 unspecified atom stereocenters. The monoisotopic (exact) mass is 414 g/mol. The lowest BCUT2D eigenvalue weighted by Crippen LogP contribution is -2.45. The van der Waals surface area contributed by atoms with Gasteiger partial charge in [0.15, 0.2) is 0 Å². The van der Waals surface area contributed by atoms with E-state index in [1.807, 2.05) is 0 Å². The van der Waals surface area contributed by atoms with E-state index in [9.17, 15) is 13.2 Å². The van der Waals surface area contributed by atoms with Crippen molar-refractivity contribution < 1.29 is 17.9 Å². The maximum absolute atomic E-state index is 12.6. The summed E-state index contributed by atoms with van der Waals surface area (Å²) in [5, 5.41) is 3.24. The van der Waals surface area contributed by atoms with Crippen molar-refractivity contribution in [2.45, 2.75) is 18.8 Å². The summed E-state index contributed by atoms with van der Waals surface area (Å²) in [7, 11) is 0. The molecule has 3 nitrogen and oxygen atoms in total.